The van der Waals surface area contributed by atoms with Gasteiger partial charge in [-0.1, -0.05) is 234 Å². The van der Waals surface area contributed by atoms with Gasteiger partial charge in [0, 0.05) is 19.3 Å². The van der Waals surface area contributed by atoms with Crippen molar-refractivity contribution in [2.45, 2.75) is 278 Å². The van der Waals surface area contributed by atoms with E-state index in [2.05, 4.69) is 34.6 Å². The van der Waals surface area contributed by atoms with Gasteiger partial charge in [0.15, 0.2) is 6.10 Å². The molecular weight excluding hydrogens is 697 g/mol. The smallest absolute Gasteiger partial charge is 0.306 e. The third-order valence-corrected chi connectivity index (χ3v) is 11.2. The molecule has 0 aliphatic carbocycles. The Kier molecular flexibility index (Phi) is 41.8. The third kappa shape index (κ3) is 43.5. The van der Waals surface area contributed by atoms with Crippen LogP contribution in [0.25, 0.3) is 0 Å². The van der Waals surface area contributed by atoms with E-state index in [1.54, 1.807) is 0 Å². The molecule has 0 aromatic rings. The first-order valence-electron chi connectivity index (χ1n) is 24.7. The standard InChI is InChI=1S/C50H96O6/c1-6-7-8-9-10-11-12-13-16-19-25-30-35-40-48(51)54-43-47(56-50(53)42-37-32-27-22-21-24-29-34-39-46(4)5)44-55-49(52)41-36-31-26-20-17-14-15-18-23-28-33-38-45(2)3/h45-47H,6-44H2,1-5H3/t47-/m0/s1. The van der Waals surface area contributed by atoms with Gasteiger partial charge in [0.2, 0.25) is 0 Å². The van der Waals surface area contributed by atoms with Crippen LogP contribution in [-0.4, -0.2) is 37.2 Å². The van der Waals surface area contributed by atoms with Gasteiger partial charge in [0.1, 0.15) is 13.2 Å². The summed E-state index contributed by atoms with van der Waals surface area (Å²) in [4.78, 5) is 37.8. The van der Waals surface area contributed by atoms with Crippen molar-refractivity contribution in [2.24, 2.45) is 11.8 Å². The van der Waals surface area contributed by atoms with Gasteiger partial charge in [-0.2, -0.15) is 0 Å². The molecule has 0 unspecified atom stereocenters. The van der Waals surface area contributed by atoms with Gasteiger partial charge in [-0.15, -0.1) is 0 Å². The van der Waals surface area contributed by atoms with E-state index in [1.165, 1.54) is 161 Å². The van der Waals surface area contributed by atoms with Gasteiger partial charge in [-0.3, -0.25) is 14.4 Å². The Labute approximate surface area is 348 Å². The van der Waals surface area contributed by atoms with Gasteiger partial charge in [-0.05, 0) is 31.1 Å². The van der Waals surface area contributed by atoms with Crippen LogP contribution < -0.4 is 0 Å². The molecule has 0 aliphatic heterocycles. The molecule has 0 saturated heterocycles. The van der Waals surface area contributed by atoms with Crippen LogP contribution >= 0.6 is 0 Å². The minimum Gasteiger partial charge on any atom is -0.462 e. The van der Waals surface area contributed by atoms with E-state index in [0.29, 0.717) is 19.3 Å². The van der Waals surface area contributed by atoms with Crippen molar-refractivity contribution < 1.29 is 28.6 Å². The van der Waals surface area contributed by atoms with E-state index < -0.39 is 6.10 Å². The minimum atomic E-state index is -0.761. The van der Waals surface area contributed by atoms with E-state index in [1.807, 2.05) is 0 Å². The maximum absolute atomic E-state index is 12.7. The van der Waals surface area contributed by atoms with Crippen LogP contribution in [0.5, 0.6) is 0 Å². The molecule has 6 heteroatoms. The van der Waals surface area contributed by atoms with Crippen molar-refractivity contribution in [2.75, 3.05) is 13.2 Å². The molecule has 0 aromatic heterocycles. The molecule has 332 valence electrons. The number of carbonyl (C=O) groups excluding carboxylic acids is 3. The SMILES string of the molecule is CCCCCCCCCCCCCCCC(=O)OC[C@@H](COC(=O)CCCCCCCCCCCCCC(C)C)OC(=O)CCCCCCCCCCC(C)C. The molecule has 0 rings (SSSR count). The van der Waals surface area contributed by atoms with Gasteiger partial charge in [-0.25, -0.2) is 0 Å². The lowest BCUT2D eigenvalue weighted by atomic mass is 10.0. The van der Waals surface area contributed by atoms with Gasteiger partial charge < -0.3 is 14.2 Å². The molecule has 6 nitrogen and oxygen atoms in total. The molecule has 0 amide bonds. The Morgan fingerprint density at radius 2 is 0.589 bits per heavy atom. The number of esters is 3. The molecule has 0 spiro atoms. The van der Waals surface area contributed by atoms with Crippen molar-refractivity contribution in [3.05, 3.63) is 0 Å². The number of carbonyl (C=O) groups is 3. The van der Waals surface area contributed by atoms with Crippen LogP contribution in [0, 0.1) is 11.8 Å². The zero-order chi connectivity index (χ0) is 41.2. The average molecular weight is 793 g/mol. The summed E-state index contributed by atoms with van der Waals surface area (Å²) in [6.45, 7) is 11.3. The molecule has 0 aliphatic rings. The predicted molar refractivity (Wildman–Crippen MR) is 238 cm³/mol. The number of hydrogen-bond acceptors (Lipinski definition) is 6. The summed E-state index contributed by atoms with van der Waals surface area (Å²) in [5, 5.41) is 0. The van der Waals surface area contributed by atoms with Crippen LogP contribution in [0.3, 0.4) is 0 Å². The average Bonchev–Trinajstić information content (AvgIpc) is 3.16. The lowest BCUT2D eigenvalue weighted by Gasteiger charge is -2.18. The summed E-state index contributed by atoms with van der Waals surface area (Å²) < 4.78 is 16.8. The minimum absolute atomic E-state index is 0.0644. The van der Waals surface area contributed by atoms with Crippen molar-refractivity contribution in [1.29, 1.82) is 0 Å². The summed E-state index contributed by atoms with van der Waals surface area (Å²) in [5.41, 5.74) is 0. The number of unbranched alkanes of at least 4 members (excludes halogenated alkanes) is 29. The fourth-order valence-electron chi connectivity index (χ4n) is 7.46. The van der Waals surface area contributed by atoms with Crippen molar-refractivity contribution in [3.63, 3.8) is 0 Å². The maximum Gasteiger partial charge on any atom is 0.306 e. The third-order valence-electron chi connectivity index (χ3n) is 11.2. The molecule has 0 heterocycles. The number of ether oxygens (including phenoxy) is 3. The molecule has 0 bridgehead atoms. The van der Waals surface area contributed by atoms with Crippen molar-refractivity contribution in [3.8, 4) is 0 Å². The lowest BCUT2D eigenvalue weighted by Crippen LogP contribution is -2.30. The first kappa shape index (κ1) is 54.4. The molecular formula is C50H96O6. The topological polar surface area (TPSA) is 78.9 Å². The van der Waals surface area contributed by atoms with Gasteiger partial charge in [0.25, 0.3) is 0 Å². The molecule has 0 aromatic carbocycles. The van der Waals surface area contributed by atoms with E-state index in [4.69, 9.17) is 14.2 Å². The Hall–Kier alpha value is -1.59. The van der Waals surface area contributed by atoms with Crippen LogP contribution in [0.15, 0.2) is 0 Å². The second-order valence-corrected chi connectivity index (χ2v) is 18.1. The Balaban J connectivity index is 4.31. The van der Waals surface area contributed by atoms with Crippen LogP contribution in [0.1, 0.15) is 272 Å². The Morgan fingerprint density at radius 1 is 0.339 bits per heavy atom. The van der Waals surface area contributed by atoms with Crippen molar-refractivity contribution >= 4 is 17.9 Å². The molecule has 56 heavy (non-hydrogen) atoms. The normalized spacial score (nSPS) is 12.1. The fraction of sp³-hybridized carbons (Fsp3) is 0.940. The Morgan fingerprint density at radius 3 is 0.875 bits per heavy atom. The summed E-state index contributed by atoms with van der Waals surface area (Å²) in [5.74, 6) is 0.767. The lowest BCUT2D eigenvalue weighted by molar-refractivity contribution is -0.167. The zero-order valence-corrected chi connectivity index (χ0v) is 38.3. The quantitative estimate of drug-likeness (QED) is 0.0347. The van der Waals surface area contributed by atoms with Gasteiger partial charge >= 0.3 is 17.9 Å². The number of hydrogen-bond donors (Lipinski definition) is 0. The van der Waals surface area contributed by atoms with E-state index >= 15 is 0 Å². The molecule has 0 radical (unpaired) electrons. The summed E-state index contributed by atoms with van der Waals surface area (Å²) >= 11 is 0. The van der Waals surface area contributed by atoms with Gasteiger partial charge in [0.05, 0.1) is 0 Å². The van der Waals surface area contributed by atoms with E-state index in [9.17, 15) is 14.4 Å². The summed E-state index contributed by atoms with van der Waals surface area (Å²) in [6, 6.07) is 0. The fourth-order valence-corrected chi connectivity index (χ4v) is 7.46. The molecule has 1 atom stereocenters. The summed E-state index contributed by atoms with van der Waals surface area (Å²) in [7, 11) is 0. The molecule has 0 fully saturated rings. The zero-order valence-electron chi connectivity index (χ0n) is 38.3. The summed E-state index contributed by atoms with van der Waals surface area (Å²) in [6.07, 6.45) is 42.3. The first-order valence-corrected chi connectivity index (χ1v) is 24.7. The van der Waals surface area contributed by atoms with E-state index in [0.717, 1.165) is 69.6 Å². The maximum atomic E-state index is 12.7. The highest BCUT2D eigenvalue weighted by atomic mass is 16.6. The monoisotopic (exact) mass is 793 g/mol. The number of rotatable bonds is 44. The second kappa shape index (κ2) is 43.0. The van der Waals surface area contributed by atoms with Crippen LogP contribution in [0.4, 0.5) is 0 Å². The van der Waals surface area contributed by atoms with Crippen LogP contribution in [-0.2, 0) is 28.6 Å². The Bertz CT molecular complexity index is 854. The molecule has 0 N–H and O–H groups in total. The largest absolute Gasteiger partial charge is 0.462 e. The van der Waals surface area contributed by atoms with E-state index in [-0.39, 0.29) is 31.1 Å². The highest BCUT2D eigenvalue weighted by Crippen LogP contribution is 2.17. The predicted octanol–water partition coefficient (Wildman–Crippen LogP) is 15.8. The first-order chi connectivity index (χ1) is 27.2. The highest BCUT2D eigenvalue weighted by Gasteiger charge is 2.19. The van der Waals surface area contributed by atoms with Crippen LogP contribution in [0.2, 0.25) is 0 Å². The highest BCUT2D eigenvalue weighted by molar-refractivity contribution is 5.71. The second-order valence-electron chi connectivity index (χ2n) is 18.1. The molecule has 0 saturated carbocycles. The van der Waals surface area contributed by atoms with Crippen molar-refractivity contribution in [1.82, 2.24) is 0 Å².